The number of amides is 1. The first kappa shape index (κ1) is 6.51. The van der Waals surface area contributed by atoms with Gasteiger partial charge in [0.1, 0.15) is 0 Å². The molecule has 0 aliphatic carbocycles. The van der Waals surface area contributed by atoms with Crippen molar-refractivity contribution in [2.45, 2.75) is 6.42 Å². The Labute approximate surface area is 54.2 Å². The highest BCUT2D eigenvalue weighted by molar-refractivity contribution is 5.76. The fourth-order valence-corrected chi connectivity index (χ4v) is 0.778. The number of nitrogens with zero attached hydrogens (tertiary/aromatic N) is 1. The van der Waals surface area contributed by atoms with Crippen LogP contribution in [0.5, 0.6) is 0 Å². The number of nitrogens with one attached hydrogen (secondary N) is 2. The average Bonchev–Trinajstić information content (AvgIpc) is 1.90. The van der Waals surface area contributed by atoms with Crippen molar-refractivity contribution in [3.05, 3.63) is 0 Å². The van der Waals surface area contributed by atoms with Crippen LogP contribution in [0, 0.1) is 0 Å². The molecule has 4 heteroatoms. The van der Waals surface area contributed by atoms with Crippen LogP contribution < -0.4 is 10.7 Å². The largest absolute Gasteiger partial charge is 0.342 e. The van der Waals surface area contributed by atoms with Crippen LogP contribution in [0.25, 0.3) is 0 Å². The third-order valence-electron chi connectivity index (χ3n) is 1.39. The van der Waals surface area contributed by atoms with Crippen LogP contribution in [0.1, 0.15) is 6.42 Å². The molecule has 0 aromatic rings. The van der Waals surface area contributed by atoms with E-state index in [-0.39, 0.29) is 5.91 Å². The topological polar surface area (TPSA) is 44.4 Å². The van der Waals surface area contributed by atoms with Gasteiger partial charge in [-0.3, -0.25) is 10.2 Å². The van der Waals surface area contributed by atoms with Crippen LogP contribution >= 0.6 is 0 Å². The molecule has 1 rings (SSSR count). The van der Waals surface area contributed by atoms with Gasteiger partial charge in [0.2, 0.25) is 5.91 Å². The van der Waals surface area contributed by atoms with Crippen molar-refractivity contribution in [2.24, 2.45) is 0 Å². The number of hydrogen-bond donors (Lipinski definition) is 2. The number of rotatable bonds is 1. The standard InChI is InChI=1S/C5H11N3O/c1-6-8-3-2-5(9)7-4-8/h6H,2-4H2,1H3,(H,7,9). The summed E-state index contributed by atoms with van der Waals surface area (Å²) in [4.78, 5) is 10.6. The number of carbonyl (C=O) groups is 1. The summed E-state index contributed by atoms with van der Waals surface area (Å²) >= 11 is 0. The molecule has 9 heavy (non-hydrogen) atoms. The molecule has 1 aliphatic rings. The molecular weight excluding hydrogens is 118 g/mol. The Morgan fingerprint density at radius 2 is 2.56 bits per heavy atom. The number of hydrogen-bond acceptors (Lipinski definition) is 3. The molecule has 1 aliphatic heterocycles. The first-order valence-corrected chi connectivity index (χ1v) is 3.02. The maximum Gasteiger partial charge on any atom is 0.222 e. The van der Waals surface area contributed by atoms with Crippen molar-refractivity contribution >= 4 is 5.91 Å². The Morgan fingerprint density at radius 1 is 1.78 bits per heavy atom. The zero-order valence-corrected chi connectivity index (χ0v) is 5.48. The molecule has 0 unspecified atom stereocenters. The van der Waals surface area contributed by atoms with E-state index in [4.69, 9.17) is 0 Å². The molecular formula is C5H11N3O. The Balaban J connectivity index is 2.26. The van der Waals surface area contributed by atoms with E-state index in [1.165, 1.54) is 0 Å². The molecule has 1 heterocycles. The number of carbonyl (C=O) groups excluding carboxylic acids is 1. The SMILES string of the molecule is CNN1CCC(=O)NC1. The van der Waals surface area contributed by atoms with Gasteiger partial charge in [0.05, 0.1) is 6.67 Å². The highest BCUT2D eigenvalue weighted by atomic mass is 16.2. The van der Waals surface area contributed by atoms with Crippen molar-refractivity contribution in [3.63, 3.8) is 0 Å². The minimum absolute atomic E-state index is 0.140. The minimum Gasteiger partial charge on any atom is -0.342 e. The molecule has 0 radical (unpaired) electrons. The zero-order valence-electron chi connectivity index (χ0n) is 5.48. The molecule has 0 spiro atoms. The summed E-state index contributed by atoms with van der Waals surface area (Å²) < 4.78 is 0. The van der Waals surface area contributed by atoms with Crippen molar-refractivity contribution in [1.29, 1.82) is 0 Å². The van der Waals surface area contributed by atoms with E-state index in [1.807, 2.05) is 12.1 Å². The smallest absolute Gasteiger partial charge is 0.222 e. The molecule has 1 fully saturated rings. The molecule has 2 N–H and O–H groups in total. The van der Waals surface area contributed by atoms with Crippen LogP contribution in [0.4, 0.5) is 0 Å². The summed E-state index contributed by atoms with van der Waals surface area (Å²) in [7, 11) is 1.84. The van der Waals surface area contributed by atoms with Gasteiger partial charge in [0.25, 0.3) is 0 Å². The monoisotopic (exact) mass is 129 g/mol. The predicted octanol–water partition coefficient (Wildman–Crippen LogP) is -1.10. The summed E-state index contributed by atoms with van der Waals surface area (Å²) in [5, 5.41) is 4.65. The van der Waals surface area contributed by atoms with E-state index in [2.05, 4.69) is 10.7 Å². The van der Waals surface area contributed by atoms with Crippen molar-refractivity contribution in [3.8, 4) is 0 Å². The summed E-state index contributed by atoms with van der Waals surface area (Å²) in [5.41, 5.74) is 2.94. The molecule has 0 aromatic carbocycles. The fraction of sp³-hybridized carbons (Fsp3) is 0.800. The van der Waals surface area contributed by atoms with Gasteiger partial charge in [-0.2, -0.15) is 0 Å². The quantitative estimate of drug-likeness (QED) is 0.472. The van der Waals surface area contributed by atoms with Gasteiger partial charge in [0, 0.05) is 13.0 Å². The molecule has 52 valence electrons. The highest BCUT2D eigenvalue weighted by Gasteiger charge is 2.12. The Bertz CT molecular complexity index is 105. The van der Waals surface area contributed by atoms with Gasteiger partial charge in [0.15, 0.2) is 0 Å². The van der Waals surface area contributed by atoms with Crippen LogP contribution in [0.3, 0.4) is 0 Å². The molecule has 4 nitrogen and oxygen atoms in total. The van der Waals surface area contributed by atoms with Crippen LogP contribution in [0.2, 0.25) is 0 Å². The molecule has 0 aromatic heterocycles. The molecule has 0 bridgehead atoms. The normalized spacial score (nSPS) is 21.7. The van der Waals surface area contributed by atoms with Gasteiger partial charge in [-0.15, -0.1) is 0 Å². The first-order chi connectivity index (χ1) is 4.33. The molecule has 1 amide bonds. The first-order valence-electron chi connectivity index (χ1n) is 3.02. The highest BCUT2D eigenvalue weighted by Crippen LogP contribution is 1.90. The Kier molecular flexibility index (Phi) is 2.02. The summed E-state index contributed by atoms with van der Waals surface area (Å²) in [6.45, 7) is 1.43. The maximum absolute atomic E-state index is 10.6. The fourth-order valence-electron chi connectivity index (χ4n) is 0.778. The Morgan fingerprint density at radius 3 is 3.00 bits per heavy atom. The Hall–Kier alpha value is -0.610. The lowest BCUT2D eigenvalue weighted by atomic mass is 10.3. The van der Waals surface area contributed by atoms with Gasteiger partial charge >= 0.3 is 0 Å². The second kappa shape index (κ2) is 2.80. The average molecular weight is 129 g/mol. The maximum atomic E-state index is 10.6. The van der Waals surface area contributed by atoms with Crippen LogP contribution in [-0.2, 0) is 4.79 Å². The van der Waals surface area contributed by atoms with Crippen LogP contribution in [-0.4, -0.2) is 31.2 Å². The van der Waals surface area contributed by atoms with E-state index in [9.17, 15) is 4.79 Å². The van der Waals surface area contributed by atoms with E-state index >= 15 is 0 Å². The second-order valence-electron chi connectivity index (χ2n) is 2.00. The van der Waals surface area contributed by atoms with Crippen molar-refractivity contribution in [1.82, 2.24) is 15.8 Å². The summed E-state index contributed by atoms with van der Waals surface area (Å²) in [6, 6.07) is 0. The van der Waals surface area contributed by atoms with E-state index < -0.39 is 0 Å². The lowest BCUT2D eigenvalue weighted by Gasteiger charge is -2.25. The van der Waals surface area contributed by atoms with Gasteiger partial charge in [-0.05, 0) is 7.05 Å². The third kappa shape index (κ3) is 1.65. The minimum atomic E-state index is 0.140. The lowest BCUT2D eigenvalue weighted by molar-refractivity contribution is -0.124. The molecule has 0 atom stereocenters. The summed E-state index contributed by atoms with van der Waals surface area (Å²) in [5.74, 6) is 0.140. The van der Waals surface area contributed by atoms with Gasteiger partial charge < -0.3 is 5.32 Å². The predicted molar refractivity (Wildman–Crippen MR) is 33.4 cm³/mol. The van der Waals surface area contributed by atoms with E-state index in [1.54, 1.807) is 0 Å². The molecule has 1 saturated heterocycles. The molecule has 0 saturated carbocycles. The third-order valence-corrected chi connectivity index (χ3v) is 1.39. The summed E-state index contributed by atoms with van der Waals surface area (Å²) in [6.07, 6.45) is 0.598. The lowest BCUT2D eigenvalue weighted by Crippen LogP contribution is -2.49. The van der Waals surface area contributed by atoms with Gasteiger partial charge in [-0.1, -0.05) is 0 Å². The second-order valence-corrected chi connectivity index (χ2v) is 2.00. The van der Waals surface area contributed by atoms with Crippen molar-refractivity contribution in [2.75, 3.05) is 20.3 Å². The van der Waals surface area contributed by atoms with Gasteiger partial charge in [-0.25, -0.2) is 5.01 Å². The van der Waals surface area contributed by atoms with E-state index in [0.717, 1.165) is 6.54 Å². The van der Waals surface area contributed by atoms with E-state index in [0.29, 0.717) is 13.1 Å². The number of hydrazine groups is 1. The zero-order chi connectivity index (χ0) is 6.69. The van der Waals surface area contributed by atoms with Crippen molar-refractivity contribution < 1.29 is 4.79 Å². The van der Waals surface area contributed by atoms with Crippen LogP contribution in [0.15, 0.2) is 0 Å².